The Morgan fingerprint density at radius 2 is 1.24 bits per heavy atom. The predicted molar refractivity (Wildman–Crippen MR) is 140 cm³/mol. The number of benzene rings is 4. The molecule has 33 heavy (non-hydrogen) atoms. The van der Waals surface area contributed by atoms with Crippen molar-refractivity contribution in [3.63, 3.8) is 0 Å². The zero-order valence-electron chi connectivity index (χ0n) is 19.1. The van der Waals surface area contributed by atoms with E-state index >= 15 is 0 Å². The molecule has 167 valence electrons. The molecule has 0 aliphatic rings. The molecule has 0 saturated heterocycles. The molecule has 4 aromatic rings. The molecule has 0 saturated carbocycles. The molecule has 0 aliphatic carbocycles. The number of ether oxygens (including phenoxy) is 1. The fourth-order valence-electron chi connectivity index (χ4n) is 4.23. The Balaban J connectivity index is 0.000000968. The zero-order chi connectivity index (χ0) is 23.7. The van der Waals surface area contributed by atoms with Crippen LogP contribution in [-0.4, -0.2) is 8.07 Å². The maximum atomic E-state index is 6.35. The van der Waals surface area contributed by atoms with Gasteiger partial charge in [-0.05, 0) is 41.4 Å². The van der Waals surface area contributed by atoms with Crippen LogP contribution in [0, 0.1) is 13.0 Å². The number of hydrogen-bond acceptors (Lipinski definition) is 1. The first-order valence-corrected chi connectivity index (χ1v) is 18.2. The maximum absolute atomic E-state index is 6.35. The predicted octanol–water partition coefficient (Wildman–Crippen LogP) is 8.25. The van der Waals surface area contributed by atoms with Crippen LogP contribution < -0.4 is 9.92 Å². The fourth-order valence-corrected chi connectivity index (χ4v) is 7.90. The van der Waals surface area contributed by atoms with Crippen molar-refractivity contribution < 1.29 is 21.8 Å². The molecular formula is C28H27Cl2OSiTi. The first kappa shape index (κ1) is 25.8. The van der Waals surface area contributed by atoms with Crippen molar-refractivity contribution in [1.29, 1.82) is 0 Å². The summed E-state index contributed by atoms with van der Waals surface area (Å²) in [6.07, 6.45) is 0. The molecule has 0 spiro atoms. The summed E-state index contributed by atoms with van der Waals surface area (Å²) < 4.78 is 6.35. The SMILES string of the molecule is Cc1c[c]c(Oc2ccccc2)c([Si](C)(C)C(c2ccccc2)c2ccccc2)c1.[Cl][Ti][Cl]. The van der Waals surface area contributed by atoms with Gasteiger partial charge in [0, 0.05) is 11.6 Å². The number of aryl methyl sites for hydroxylation is 1. The molecule has 0 unspecified atom stereocenters. The Morgan fingerprint density at radius 3 is 1.73 bits per heavy atom. The van der Waals surface area contributed by atoms with Crippen LogP contribution in [0.5, 0.6) is 11.5 Å². The Morgan fingerprint density at radius 1 is 0.788 bits per heavy atom. The van der Waals surface area contributed by atoms with E-state index in [1.807, 2.05) is 36.4 Å². The van der Waals surface area contributed by atoms with E-state index in [9.17, 15) is 0 Å². The molecule has 1 radical (unpaired) electrons. The summed E-state index contributed by atoms with van der Waals surface area (Å²) in [4.78, 5) is 0. The topological polar surface area (TPSA) is 9.23 Å². The van der Waals surface area contributed by atoms with Crippen molar-refractivity contribution in [2.75, 3.05) is 0 Å². The van der Waals surface area contributed by atoms with Crippen molar-refractivity contribution in [2.24, 2.45) is 0 Å². The van der Waals surface area contributed by atoms with Crippen LogP contribution in [0.4, 0.5) is 0 Å². The summed E-state index contributed by atoms with van der Waals surface area (Å²) in [6.45, 7) is 7.02. The summed E-state index contributed by atoms with van der Waals surface area (Å²) >= 11 is -0.556. The molecule has 4 rings (SSSR count). The van der Waals surface area contributed by atoms with E-state index in [0.29, 0.717) is 5.54 Å². The zero-order valence-corrected chi connectivity index (χ0v) is 23.1. The van der Waals surface area contributed by atoms with Crippen LogP contribution >= 0.6 is 18.6 Å². The number of hydrogen-bond donors (Lipinski definition) is 0. The van der Waals surface area contributed by atoms with Crippen LogP contribution in [0.25, 0.3) is 0 Å². The molecule has 4 aromatic carbocycles. The van der Waals surface area contributed by atoms with Crippen molar-refractivity contribution in [1.82, 2.24) is 0 Å². The van der Waals surface area contributed by atoms with Crippen LogP contribution in [0.3, 0.4) is 0 Å². The number of rotatable bonds is 6. The van der Waals surface area contributed by atoms with Gasteiger partial charge in [-0.2, -0.15) is 0 Å². The van der Waals surface area contributed by atoms with Gasteiger partial charge in [-0.1, -0.05) is 104 Å². The van der Waals surface area contributed by atoms with Gasteiger partial charge in [0.25, 0.3) is 0 Å². The van der Waals surface area contributed by atoms with Gasteiger partial charge in [-0.15, -0.1) is 0 Å². The summed E-state index contributed by atoms with van der Waals surface area (Å²) in [7, 11) is 7.70. The van der Waals surface area contributed by atoms with Crippen molar-refractivity contribution in [2.45, 2.75) is 25.6 Å². The van der Waals surface area contributed by atoms with Gasteiger partial charge in [0.1, 0.15) is 11.5 Å². The molecule has 0 heterocycles. The van der Waals surface area contributed by atoms with Gasteiger partial charge in [0.2, 0.25) is 0 Å². The average molecular weight is 526 g/mol. The molecule has 0 amide bonds. The van der Waals surface area contributed by atoms with Gasteiger partial charge in [-0.3, -0.25) is 0 Å². The number of halogens is 2. The van der Waals surface area contributed by atoms with E-state index in [2.05, 4.69) is 92.8 Å². The van der Waals surface area contributed by atoms with Crippen molar-refractivity contribution in [3.8, 4) is 11.5 Å². The Kier molecular flexibility index (Phi) is 9.85. The Labute approximate surface area is 215 Å². The molecule has 1 nitrogen and oxygen atoms in total. The van der Waals surface area contributed by atoms with E-state index in [4.69, 9.17) is 23.3 Å². The van der Waals surface area contributed by atoms with Crippen LogP contribution in [0.2, 0.25) is 13.1 Å². The standard InChI is InChI=1S/C28H27OSi.2ClH.Ti/c1-22-19-20-26(29-25-17-11-6-12-18-25)27(21-22)30(2,3)28(23-13-7-4-8-14-23)24-15-9-5-10-16-24;;;/h4-19,21,28H,1-3H3;2*1H;/q;;;+2/p-2. The Bertz CT molecular complexity index is 1080. The Hall–Kier alpha value is -1.81. The molecule has 0 atom stereocenters. The minimum absolute atomic E-state index is 0.313. The van der Waals surface area contributed by atoms with E-state index in [1.165, 1.54) is 21.9 Å². The first-order valence-electron chi connectivity index (χ1n) is 10.8. The van der Waals surface area contributed by atoms with Crippen LogP contribution in [0.1, 0.15) is 22.2 Å². The van der Waals surface area contributed by atoms with Crippen LogP contribution in [-0.2, 0) is 17.0 Å². The molecule has 0 bridgehead atoms. The molecule has 0 fully saturated rings. The monoisotopic (exact) mass is 525 g/mol. The average Bonchev–Trinajstić information content (AvgIpc) is 2.83. The first-order chi connectivity index (χ1) is 16.0. The van der Waals surface area contributed by atoms with Gasteiger partial charge in [0.15, 0.2) is 0 Å². The van der Waals surface area contributed by atoms with E-state index in [0.717, 1.165) is 11.5 Å². The second-order valence-corrected chi connectivity index (χ2v) is 15.5. The summed E-state index contributed by atoms with van der Waals surface area (Å²) in [5.41, 5.74) is 4.24. The van der Waals surface area contributed by atoms with Gasteiger partial charge >= 0.3 is 35.6 Å². The van der Waals surface area contributed by atoms with Crippen molar-refractivity contribution >= 4 is 31.9 Å². The fraction of sp³-hybridized carbons (Fsp3) is 0.143. The van der Waals surface area contributed by atoms with E-state index in [-0.39, 0.29) is 0 Å². The van der Waals surface area contributed by atoms with Gasteiger partial charge in [-0.25, -0.2) is 0 Å². The quantitative estimate of drug-likeness (QED) is 0.230. The van der Waals surface area contributed by atoms with Gasteiger partial charge < -0.3 is 4.74 Å². The third-order valence-electron chi connectivity index (χ3n) is 5.69. The summed E-state index contributed by atoms with van der Waals surface area (Å²) in [5.74, 6) is 1.69. The van der Waals surface area contributed by atoms with E-state index < -0.39 is 25.1 Å². The minimum atomic E-state index is -2.08. The van der Waals surface area contributed by atoms with E-state index in [1.54, 1.807) is 0 Å². The summed E-state index contributed by atoms with van der Waals surface area (Å²) in [6, 6.07) is 39.5. The third kappa shape index (κ3) is 6.85. The normalized spacial score (nSPS) is 10.8. The van der Waals surface area contributed by atoms with Crippen molar-refractivity contribution in [3.05, 3.63) is 126 Å². The second kappa shape index (κ2) is 12.6. The molecule has 0 aromatic heterocycles. The van der Waals surface area contributed by atoms with Crippen LogP contribution in [0.15, 0.2) is 103 Å². The third-order valence-corrected chi connectivity index (χ3v) is 9.56. The molecule has 0 aliphatic heterocycles. The number of para-hydroxylation sites is 1. The van der Waals surface area contributed by atoms with Gasteiger partial charge in [0.05, 0.1) is 8.07 Å². The molecule has 0 N–H and O–H groups in total. The summed E-state index contributed by atoms with van der Waals surface area (Å²) in [5, 5.41) is 1.30. The second-order valence-electron chi connectivity index (χ2n) is 8.38. The molecular weight excluding hydrogens is 499 g/mol. The molecule has 5 heteroatoms.